The van der Waals surface area contributed by atoms with Gasteiger partial charge in [-0.05, 0) is 0 Å². The van der Waals surface area contributed by atoms with Crippen LogP contribution in [0.2, 0.25) is 5.15 Å². The Morgan fingerprint density at radius 3 is 2.72 bits per heavy atom. The molecule has 0 aliphatic heterocycles. The van der Waals surface area contributed by atoms with Gasteiger partial charge >= 0.3 is 5.97 Å². The Balaban J connectivity index is 3.08. The number of carboxylic acids is 1. The lowest BCUT2D eigenvalue weighted by Gasteiger charge is -2.14. The molecule has 0 bridgehead atoms. The minimum atomic E-state index is -1.21. The molecule has 18 heavy (non-hydrogen) atoms. The molecule has 0 radical (unpaired) electrons. The molecule has 9 heteroatoms. The third-order valence-electron chi connectivity index (χ3n) is 1.98. The average Bonchev–Trinajstić information content (AvgIpc) is 2.27. The largest absolute Gasteiger partial charge is 0.480 e. The Labute approximate surface area is 106 Å². The Morgan fingerprint density at radius 1 is 1.61 bits per heavy atom. The first-order chi connectivity index (χ1) is 8.32. The zero-order chi connectivity index (χ0) is 13.9. The Hall–Kier alpha value is -2.22. The molecule has 0 aliphatic rings. The summed E-state index contributed by atoms with van der Waals surface area (Å²) in [6.45, 7) is -0.544. The van der Waals surface area contributed by atoms with Crippen LogP contribution in [0.3, 0.4) is 0 Å². The molecule has 8 nitrogen and oxygen atoms in total. The van der Waals surface area contributed by atoms with E-state index in [1.165, 1.54) is 7.05 Å². The van der Waals surface area contributed by atoms with Crippen LogP contribution >= 0.6 is 11.6 Å². The van der Waals surface area contributed by atoms with Gasteiger partial charge < -0.3 is 10.0 Å². The summed E-state index contributed by atoms with van der Waals surface area (Å²) in [5, 5.41) is 18.9. The molecule has 1 aromatic heterocycles. The van der Waals surface area contributed by atoms with Gasteiger partial charge in [0.15, 0.2) is 0 Å². The molecule has 1 rings (SSSR count). The molecule has 0 aromatic carbocycles. The molecule has 96 valence electrons. The van der Waals surface area contributed by atoms with Gasteiger partial charge in [0.2, 0.25) is 0 Å². The Bertz CT molecular complexity index is 519. The summed E-state index contributed by atoms with van der Waals surface area (Å²) in [7, 11) is 1.24. The van der Waals surface area contributed by atoms with Crippen molar-refractivity contribution in [2.75, 3.05) is 13.6 Å². The number of amides is 1. The highest BCUT2D eigenvalue weighted by Crippen LogP contribution is 2.20. The number of carbonyl (C=O) groups is 2. The number of halogens is 1. The van der Waals surface area contributed by atoms with E-state index in [9.17, 15) is 19.7 Å². The fraction of sp³-hybridized carbons (Fsp3) is 0.222. The molecule has 1 N–H and O–H groups in total. The highest BCUT2D eigenvalue weighted by Gasteiger charge is 2.21. The number of pyridine rings is 1. The van der Waals surface area contributed by atoms with Gasteiger partial charge in [-0.15, -0.1) is 0 Å². The van der Waals surface area contributed by atoms with Crippen LogP contribution in [0.5, 0.6) is 0 Å². The predicted molar refractivity (Wildman–Crippen MR) is 60.5 cm³/mol. The van der Waals surface area contributed by atoms with E-state index < -0.39 is 29.0 Å². The SMILES string of the molecule is CN(CC(=O)O)C(=O)c1cc([N+](=O)[O-])cnc1Cl. The molecule has 0 atom stereocenters. The van der Waals surface area contributed by atoms with Crippen LogP contribution in [-0.4, -0.2) is 45.4 Å². The van der Waals surface area contributed by atoms with Crippen LogP contribution in [0.15, 0.2) is 12.3 Å². The molecular formula is C9H8ClN3O5. The topological polar surface area (TPSA) is 114 Å². The van der Waals surface area contributed by atoms with E-state index in [2.05, 4.69) is 4.98 Å². The monoisotopic (exact) mass is 273 g/mol. The number of hydrogen-bond acceptors (Lipinski definition) is 5. The first-order valence-electron chi connectivity index (χ1n) is 4.60. The van der Waals surface area contributed by atoms with Crippen LogP contribution in [0, 0.1) is 10.1 Å². The summed E-state index contributed by atoms with van der Waals surface area (Å²) in [5.74, 6) is -1.96. The molecule has 0 spiro atoms. The summed E-state index contributed by atoms with van der Waals surface area (Å²) in [5.41, 5.74) is -0.610. The lowest BCUT2D eigenvalue weighted by atomic mass is 10.2. The van der Waals surface area contributed by atoms with Gasteiger partial charge in [0.05, 0.1) is 10.5 Å². The summed E-state index contributed by atoms with van der Waals surface area (Å²) >= 11 is 5.65. The van der Waals surface area contributed by atoms with Crippen molar-refractivity contribution < 1.29 is 19.6 Å². The van der Waals surface area contributed by atoms with E-state index in [0.29, 0.717) is 0 Å². The van der Waals surface area contributed by atoms with Crippen molar-refractivity contribution in [1.29, 1.82) is 0 Å². The number of likely N-dealkylation sites (N-methyl/N-ethyl adjacent to an activating group) is 1. The molecule has 1 heterocycles. The van der Waals surface area contributed by atoms with Crippen molar-refractivity contribution in [1.82, 2.24) is 9.88 Å². The van der Waals surface area contributed by atoms with E-state index in [1.54, 1.807) is 0 Å². The first-order valence-corrected chi connectivity index (χ1v) is 4.98. The smallest absolute Gasteiger partial charge is 0.323 e. The van der Waals surface area contributed by atoms with Crippen LogP contribution < -0.4 is 0 Å². The quantitative estimate of drug-likeness (QED) is 0.493. The van der Waals surface area contributed by atoms with Crippen molar-refractivity contribution in [2.45, 2.75) is 0 Å². The Morgan fingerprint density at radius 2 is 2.22 bits per heavy atom. The number of nitro groups is 1. The first kappa shape index (κ1) is 13.8. The predicted octanol–water partition coefficient (Wildman–Crippen LogP) is 0.800. The lowest BCUT2D eigenvalue weighted by Crippen LogP contribution is -2.32. The minimum absolute atomic E-state index is 0.213. The second kappa shape index (κ2) is 5.41. The minimum Gasteiger partial charge on any atom is -0.480 e. The molecule has 0 unspecified atom stereocenters. The lowest BCUT2D eigenvalue weighted by molar-refractivity contribution is -0.385. The van der Waals surface area contributed by atoms with Gasteiger partial charge in [0, 0.05) is 13.1 Å². The number of rotatable bonds is 4. The third kappa shape index (κ3) is 3.14. The van der Waals surface area contributed by atoms with Crippen LogP contribution in [0.1, 0.15) is 10.4 Å². The summed E-state index contributed by atoms with van der Waals surface area (Å²) < 4.78 is 0. The van der Waals surface area contributed by atoms with Gasteiger partial charge in [0.25, 0.3) is 11.6 Å². The molecule has 0 saturated heterocycles. The van der Waals surface area contributed by atoms with Gasteiger partial charge in [-0.25, -0.2) is 4.98 Å². The van der Waals surface area contributed by atoms with E-state index >= 15 is 0 Å². The maximum atomic E-state index is 11.8. The maximum Gasteiger partial charge on any atom is 0.323 e. The fourth-order valence-corrected chi connectivity index (χ4v) is 1.35. The van der Waals surface area contributed by atoms with Crippen LogP contribution in [0.25, 0.3) is 0 Å². The van der Waals surface area contributed by atoms with Gasteiger partial charge in [0.1, 0.15) is 17.9 Å². The van der Waals surface area contributed by atoms with Gasteiger partial charge in [-0.2, -0.15) is 0 Å². The second-order valence-electron chi connectivity index (χ2n) is 3.34. The number of carbonyl (C=O) groups excluding carboxylic acids is 1. The Kier molecular flexibility index (Phi) is 4.16. The number of aliphatic carboxylic acids is 1. The second-order valence-corrected chi connectivity index (χ2v) is 3.70. The molecule has 1 amide bonds. The highest BCUT2D eigenvalue weighted by atomic mass is 35.5. The molecule has 0 saturated carbocycles. The average molecular weight is 274 g/mol. The van der Waals surface area contributed by atoms with Crippen molar-refractivity contribution in [3.05, 3.63) is 33.1 Å². The summed E-state index contributed by atoms with van der Waals surface area (Å²) in [6, 6.07) is 0.954. The number of hydrogen-bond donors (Lipinski definition) is 1. The zero-order valence-electron chi connectivity index (χ0n) is 9.16. The van der Waals surface area contributed by atoms with E-state index in [1.807, 2.05) is 0 Å². The zero-order valence-corrected chi connectivity index (χ0v) is 9.92. The van der Waals surface area contributed by atoms with Crippen molar-refractivity contribution in [3.8, 4) is 0 Å². The third-order valence-corrected chi connectivity index (χ3v) is 2.29. The van der Waals surface area contributed by atoms with E-state index in [0.717, 1.165) is 17.2 Å². The summed E-state index contributed by atoms with van der Waals surface area (Å²) in [6.07, 6.45) is 0.913. The van der Waals surface area contributed by atoms with Crippen molar-refractivity contribution in [3.63, 3.8) is 0 Å². The molecule has 0 fully saturated rings. The standard InChI is InChI=1S/C9H8ClN3O5/c1-12(4-7(14)15)9(16)6-2-5(13(17)18)3-11-8(6)10/h2-3H,4H2,1H3,(H,14,15). The van der Waals surface area contributed by atoms with Gasteiger partial charge in [-0.1, -0.05) is 11.6 Å². The summed E-state index contributed by atoms with van der Waals surface area (Å²) in [4.78, 5) is 36.4. The number of nitrogens with zero attached hydrogens (tertiary/aromatic N) is 3. The highest BCUT2D eigenvalue weighted by molar-refractivity contribution is 6.32. The van der Waals surface area contributed by atoms with Gasteiger partial charge in [-0.3, -0.25) is 19.7 Å². The molecule has 0 aliphatic carbocycles. The molecule has 1 aromatic rings. The maximum absolute atomic E-state index is 11.8. The normalized spacial score (nSPS) is 9.89. The fourth-order valence-electron chi connectivity index (χ4n) is 1.17. The van der Waals surface area contributed by atoms with E-state index in [-0.39, 0.29) is 10.7 Å². The number of aromatic nitrogens is 1. The van der Waals surface area contributed by atoms with E-state index in [4.69, 9.17) is 16.7 Å². The van der Waals surface area contributed by atoms with Crippen LogP contribution in [0.4, 0.5) is 5.69 Å². The molecular weight excluding hydrogens is 266 g/mol. The van der Waals surface area contributed by atoms with Crippen molar-refractivity contribution >= 4 is 29.2 Å². The number of carboxylic acid groups (broad SMARTS) is 1. The van der Waals surface area contributed by atoms with Crippen LogP contribution in [-0.2, 0) is 4.79 Å². The van der Waals surface area contributed by atoms with Crippen molar-refractivity contribution in [2.24, 2.45) is 0 Å².